The number of rotatable bonds is 2. The maximum atomic E-state index is 6.09. The highest BCUT2D eigenvalue weighted by Gasteiger charge is 2.18. The third-order valence-electron chi connectivity index (χ3n) is 2.98. The largest absolute Gasteiger partial charge is 0.380 e. The molecule has 2 aromatic carbocycles. The van der Waals surface area contributed by atoms with Gasteiger partial charge in [0, 0.05) is 20.1 Å². The van der Waals surface area contributed by atoms with Crippen LogP contribution in [0.15, 0.2) is 51.5 Å². The van der Waals surface area contributed by atoms with Gasteiger partial charge in [-0.1, -0.05) is 56.4 Å². The van der Waals surface area contributed by atoms with Gasteiger partial charge < -0.3 is 10.3 Å². The fourth-order valence-electron chi connectivity index (χ4n) is 2.08. The number of benzene rings is 2. The van der Waals surface area contributed by atoms with E-state index in [0.717, 1.165) is 21.2 Å². The van der Waals surface area contributed by atoms with E-state index in [1.807, 2.05) is 18.2 Å². The molecular weight excluding hydrogens is 375 g/mol. The van der Waals surface area contributed by atoms with Crippen molar-refractivity contribution in [1.82, 2.24) is 5.16 Å². The smallest absolute Gasteiger partial charge is 0.177 e. The highest BCUT2D eigenvalue weighted by molar-refractivity contribution is 9.10. The molecule has 1 heterocycles. The van der Waals surface area contributed by atoms with Crippen molar-refractivity contribution >= 4 is 44.9 Å². The molecule has 0 amide bonds. The lowest BCUT2D eigenvalue weighted by atomic mass is 10.0. The van der Waals surface area contributed by atoms with Gasteiger partial charge in [-0.25, -0.2) is 0 Å². The first kappa shape index (κ1) is 14.4. The fraction of sp³-hybridized carbons (Fsp3) is 0. The minimum Gasteiger partial charge on any atom is -0.380 e. The minimum atomic E-state index is 0.323. The zero-order chi connectivity index (χ0) is 15.0. The Bertz CT molecular complexity index is 780. The van der Waals surface area contributed by atoms with E-state index in [4.69, 9.17) is 33.5 Å². The summed E-state index contributed by atoms with van der Waals surface area (Å²) in [6.45, 7) is 0. The summed E-state index contributed by atoms with van der Waals surface area (Å²) in [5, 5.41) is 5.11. The summed E-state index contributed by atoms with van der Waals surface area (Å²) in [5.41, 5.74) is 8.34. The second kappa shape index (κ2) is 5.72. The Balaban J connectivity index is 2.19. The van der Waals surface area contributed by atoms with Crippen molar-refractivity contribution in [2.45, 2.75) is 0 Å². The molecule has 0 fully saturated rings. The number of nitrogen functional groups attached to an aromatic ring is 1. The van der Waals surface area contributed by atoms with Crippen LogP contribution in [0.2, 0.25) is 10.0 Å². The van der Waals surface area contributed by atoms with Crippen LogP contribution < -0.4 is 5.73 Å². The van der Waals surface area contributed by atoms with Gasteiger partial charge in [-0.3, -0.25) is 0 Å². The fourth-order valence-corrected chi connectivity index (χ4v) is 3.07. The number of hydrogen-bond acceptors (Lipinski definition) is 3. The molecule has 0 bridgehead atoms. The molecule has 6 heteroatoms. The number of nitrogens with zero attached hydrogens (tertiary/aromatic N) is 1. The van der Waals surface area contributed by atoms with E-state index >= 15 is 0 Å². The number of anilines is 1. The first-order valence-corrected chi connectivity index (χ1v) is 7.57. The van der Waals surface area contributed by atoms with Crippen LogP contribution in [0.3, 0.4) is 0 Å². The Morgan fingerprint density at radius 3 is 2.33 bits per heavy atom. The lowest BCUT2D eigenvalue weighted by Crippen LogP contribution is -1.89. The van der Waals surface area contributed by atoms with Crippen LogP contribution in [0.1, 0.15) is 0 Å². The molecule has 0 spiro atoms. The van der Waals surface area contributed by atoms with Crippen molar-refractivity contribution in [1.29, 1.82) is 0 Å². The molecule has 0 saturated carbocycles. The average molecular weight is 384 g/mol. The summed E-state index contributed by atoms with van der Waals surface area (Å²) in [6.07, 6.45) is 0. The third-order valence-corrected chi connectivity index (χ3v) is 3.90. The Hall–Kier alpha value is -1.49. The van der Waals surface area contributed by atoms with Crippen LogP contribution in [-0.2, 0) is 0 Å². The monoisotopic (exact) mass is 382 g/mol. The van der Waals surface area contributed by atoms with Crippen molar-refractivity contribution in [3.8, 4) is 22.5 Å². The third kappa shape index (κ3) is 2.93. The van der Waals surface area contributed by atoms with Gasteiger partial charge in [-0.15, -0.1) is 0 Å². The zero-order valence-corrected chi connectivity index (χ0v) is 13.7. The van der Waals surface area contributed by atoms with Gasteiger partial charge in [0.05, 0.1) is 5.56 Å². The van der Waals surface area contributed by atoms with Crippen LogP contribution in [0, 0.1) is 0 Å². The highest BCUT2D eigenvalue weighted by Crippen LogP contribution is 2.38. The molecule has 0 unspecified atom stereocenters. The molecule has 3 nitrogen and oxygen atoms in total. The molecule has 0 aliphatic carbocycles. The van der Waals surface area contributed by atoms with E-state index in [2.05, 4.69) is 21.1 Å². The van der Waals surface area contributed by atoms with E-state index in [0.29, 0.717) is 21.6 Å². The summed E-state index contributed by atoms with van der Waals surface area (Å²) in [6, 6.07) is 12.8. The van der Waals surface area contributed by atoms with Crippen LogP contribution in [0.5, 0.6) is 0 Å². The predicted molar refractivity (Wildman–Crippen MR) is 89.5 cm³/mol. The normalized spacial score (nSPS) is 10.8. The molecular formula is C15H9BrCl2N2O. The van der Waals surface area contributed by atoms with Crippen molar-refractivity contribution in [2.24, 2.45) is 0 Å². The highest BCUT2D eigenvalue weighted by atomic mass is 79.9. The number of aromatic nitrogens is 1. The van der Waals surface area contributed by atoms with E-state index < -0.39 is 0 Å². The van der Waals surface area contributed by atoms with E-state index in [1.54, 1.807) is 24.3 Å². The molecule has 0 aliphatic heterocycles. The second-order valence-corrected chi connectivity index (χ2v) is 6.23. The summed E-state index contributed by atoms with van der Waals surface area (Å²) in [5.74, 6) is 0.890. The Morgan fingerprint density at radius 1 is 0.952 bits per heavy atom. The quantitative estimate of drug-likeness (QED) is 0.621. The van der Waals surface area contributed by atoms with Gasteiger partial charge in [0.25, 0.3) is 0 Å². The predicted octanol–water partition coefficient (Wildman–Crippen LogP) is 5.66. The zero-order valence-electron chi connectivity index (χ0n) is 10.6. The van der Waals surface area contributed by atoms with Crippen LogP contribution in [0.25, 0.3) is 22.5 Å². The molecule has 0 radical (unpaired) electrons. The Labute approximate surface area is 139 Å². The Kier molecular flexibility index (Phi) is 3.93. The lowest BCUT2D eigenvalue weighted by molar-refractivity contribution is 0.436. The van der Waals surface area contributed by atoms with E-state index in [1.165, 1.54) is 0 Å². The molecule has 0 aliphatic rings. The van der Waals surface area contributed by atoms with Gasteiger partial charge in [0.15, 0.2) is 11.6 Å². The first-order chi connectivity index (χ1) is 10.0. The minimum absolute atomic E-state index is 0.323. The Morgan fingerprint density at radius 2 is 1.67 bits per heavy atom. The molecule has 106 valence electrons. The molecule has 0 atom stereocenters. The van der Waals surface area contributed by atoms with Crippen molar-refractivity contribution < 1.29 is 4.52 Å². The van der Waals surface area contributed by atoms with Crippen molar-refractivity contribution in [3.63, 3.8) is 0 Å². The van der Waals surface area contributed by atoms with E-state index in [-0.39, 0.29) is 0 Å². The van der Waals surface area contributed by atoms with Gasteiger partial charge in [0.2, 0.25) is 0 Å². The van der Waals surface area contributed by atoms with Gasteiger partial charge in [-0.2, -0.15) is 0 Å². The van der Waals surface area contributed by atoms with Crippen LogP contribution >= 0.6 is 39.1 Å². The SMILES string of the molecule is Nc1noc(-c2cc(Cl)cc(Br)c2)c1-c1ccc(Cl)cc1. The van der Waals surface area contributed by atoms with Gasteiger partial charge in [0.1, 0.15) is 0 Å². The first-order valence-electron chi connectivity index (χ1n) is 6.02. The summed E-state index contributed by atoms with van der Waals surface area (Å²) in [4.78, 5) is 0. The van der Waals surface area contributed by atoms with Gasteiger partial charge in [-0.05, 0) is 35.9 Å². The maximum absolute atomic E-state index is 6.09. The summed E-state index contributed by atoms with van der Waals surface area (Å²) < 4.78 is 6.24. The molecule has 1 aromatic heterocycles. The lowest BCUT2D eigenvalue weighted by Gasteiger charge is -2.04. The summed E-state index contributed by atoms with van der Waals surface area (Å²) in [7, 11) is 0. The number of halogens is 3. The molecule has 21 heavy (non-hydrogen) atoms. The molecule has 2 N–H and O–H groups in total. The van der Waals surface area contributed by atoms with Crippen LogP contribution in [-0.4, -0.2) is 5.16 Å². The second-order valence-electron chi connectivity index (χ2n) is 4.44. The molecule has 0 saturated heterocycles. The maximum Gasteiger partial charge on any atom is 0.177 e. The van der Waals surface area contributed by atoms with Crippen molar-refractivity contribution in [3.05, 3.63) is 57.0 Å². The topological polar surface area (TPSA) is 52.0 Å². The van der Waals surface area contributed by atoms with E-state index in [9.17, 15) is 0 Å². The summed E-state index contributed by atoms with van der Waals surface area (Å²) >= 11 is 15.4. The van der Waals surface area contributed by atoms with Crippen LogP contribution in [0.4, 0.5) is 5.82 Å². The number of hydrogen-bond donors (Lipinski definition) is 1. The number of nitrogens with two attached hydrogens (primary N) is 1. The molecule has 3 rings (SSSR count). The standard InChI is InChI=1S/C15H9BrCl2N2O/c16-10-5-9(6-12(18)7-10)14-13(15(19)20-21-14)8-1-3-11(17)4-2-8/h1-7H,(H2,19,20). The average Bonchev–Trinajstić information content (AvgIpc) is 2.80. The van der Waals surface area contributed by atoms with Crippen molar-refractivity contribution in [2.75, 3.05) is 5.73 Å². The molecule has 3 aromatic rings. The van der Waals surface area contributed by atoms with Gasteiger partial charge >= 0.3 is 0 Å².